The van der Waals surface area contributed by atoms with Crippen molar-refractivity contribution >= 4 is 23.2 Å². The van der Waals surface area contributed by atoms with E-state index in [0.29, 0.717) is 0 Å². The van der Waals surface area contributed by atoms with Gasteiger partial charge in [0.15, 0.2) is 0 Å². The lowest BCUT2D eigenvalue weighted by atomic mass is 9.75. The molecule has 0 spiro atoms. The molecule has 1 atom stereocenters. The Kier molecular flexibility index (Phi) is 4.52. The Balaban J connectivity index is 3.11. The number of aromatic nitrogens is 3. The number of nitrogens with zero attached hydrogens (tertiary/aromatic N) is 3. The maximum Gasteiger partial charge on any atom is 0.137 e. The van der Waals surface area contributed by atoms with E-state index in [4.69, 9.17) is 23.2 Å². The largest absolute Gasteiger partial charge is 0.382 e. The van der Waals surface area contributed by atoms with E-state index >= 15 is 0 Å². The molecule has 0 aromatic carbocycles. The Morgan fingerprint density at radius 1 is 1.59 bits per heavy atom. The van der Waals surface area contributed by atoms with Crippen LogP contribution in [0.25, 0.3) is 0 Å². The van der Waals surface area contributed by atoms with Crippen molar-refractivity contribution in [2.75, 3.05) is 6.67 Å². The molecule has 0 bridgehead atoms. The molecule has 4 nitrogen and oxygen atoms in total. The Bertz CT molecular complexity index is 394. The molecule has 1 N–H and O–H groups in total. The molecule has 1 heterocycles. The van der Waals surface area contributed by atoms with Crippen LogP contribution in [-0.2, 0) is 6.54 Å². The zero-order valence-corrected chi connectivity index (χ0v) is 11.1. The molecule has 0 radical (unpaired) electrons. The van der Waals surface area contributed by atoms with Crippen LogP contribution in [0.2, 0.25) is 0 Å². The number of hydrogen-bond acceptors (Lipinski definition) is 3. The molecule has 1 unspecified atom stereocenters. The molecule has 0 aliphatic heterocycles. The minimum atomic E-state index is -1.64. The van der Waals surface area contributed by atoms with E-state index < -0.39 is 17.7 Å². The molecule has 0 aliphatic rings. The normalized spacial score (nSPS) is 16.9. The van der Waals surface area contributed by atoms with E-state index in [-0.39, 0.29) is 11.6 Å². The van der Waals surface area contributed by atoms with Crippen LogP contribution in [0.15, 0.2) is 23.2 Å². The third-order valence-electron chi connectivity index (χ3n) is 2.80. The van der Waals surface area contributed by atoms with Gasteiger partial charge in [0, 0.05) is 11.0 Å². The van der Waals surface area contributed by atoms with E-state index in [9.17, 15) is 9.50 Å². The fourth-order valence-corrected chi connectivity index (χ4v) is 1.86. The summed E-state index contributed by atoms with van der Waals surface area (Å²) in [4.78, 5) is 3.75. The van der Waals surface area contributed by atoms with E-state index in [1.165, 1.54) is 17.3 Å². The highest BCUT2D eigenvalue weighted by Crippen LogP contribution is 2.40. The minimum absolute atomic E-state index is 0.0219. The molecule has 7 heteroatoms. The van der Waals surface area contributed by atoms with Gasteiger partial charge < -0.3 is 5.11 Å². The quantitative estimate of drug-likeness (QED) is 0.901. The Labute approximate surface area is 109 Å². The summed E-state index contributed by atoms with van der Waals surface area (Å²) in [6, 6.07) is 0. The second kappa shape index (κ2) is 5.33. The lowest BCUT2D eigenvalue weighted by molar-refractivity contribution is -0.0555. The monoisotopic (exact) mass is 281 g/mol. The molecule has 1 aromatic rings. The van der Waals surface area contributed by atoms with Gasteiger partial charge in [-0.05, 0) is 0 Å². The van der Waals surface area contributed by atoms with Crippen LogP contribution < -0.4 is 0 Å². The second-order valence-electron chi connectivity index (χ2n) is 4.43. The number of halogens is 3. The lowest BCUT2D eigenvalue weighted by Crippen LogP contribution is -2.50. The summed E-state index contributed by atoms with van der Waals surface area (Å²) in [6.45, 7) is 2.35. The van der Waals surface area contributed by atoms with Crippen molar-refractivity contribution in [3.05, 3.63) is 23.2 Å². The second-order valence-corrected chi connectivity index (χ2v) is 5.05. The summed E-state index contributed by atoms with van der Waals surface area (Å²) in [5, 5.41) is 14.4. The smallest absolute Gasteiger partial charge is 0.137 e. The first-order valence-electron chi connectivity index (χ1n) is 4.94. The highest BCUT2D eigenvalue weighted by atomic mass is 35.5. The minimum Gasteiger partial charge on any atom is -0.382 e. The van der Waals surface area contributed by atoms with Gasteiger partial charge in [0.05, 0.1) is 18.3 Å². The number of aliphatic hydroxyl groups is 1. The summed E-state index contributed by atoms with van der Waals surface area (Å²) in [6.07, 6.45) is 2.73. The summed E-state index contributed by atoms with van der Waals surface area (Å²) in [5.41, 5.74) is -1.70. The van der Waals surface area contributed by atoms with Crippen LogP contribution in [-0.4, -0.2) is 32.1 Å². The number of hydrogen-bond donors (Lipinski definition) is 1. The highest BCUT2D eigenvalue weighted by molar-refractivity contribution is 6.37. The predicted octanol–water partition coefficient (Wildman–Crippen LogP) is 2.32. The first-order chi connectivity index (χ1) is 7.87. The van der Waals surface area contributed by atoms with Crippen LogP contribution in [0.4, 0.5) is 4.39 Å². The first kappa shape index (κ1) is 14.4. The molecular formula is C10H14Cl2FN3O. The predicted molar refractivity (Wildman–Crippen MR) is 64.5 cm³/mol. The Morgan fingerprint density at radius 2 is 2.24 bits per heavy atom. The third kappa shape index (κ3) is 2.78. The van der Waals surface area contributed by atoms with E-state index in [1.54, 1.807) is 13.8 Å². The number of alkyl halides is 1. The van der Waals surface area contributed by atoms with E-state index in [1.807, 2.05) is 0 Å². The zero-order chi connectivity index (χ0) is 13.1. The van der Waals surface area contributed by atoms with Crippen molar-refractivity contribution in [1.82, 2.24) is 14.8 Å². The Morgan fingerprint density at radius 3 is 2.65 bits per heavy atom. The van der Waals surface area contributed by atoms with Crippen molar-refractivity contribution in [2.24, 2.45) is 5.41 Å². The average Bonchev–Trinajstić information content (AvgIpc) is 2.80. The molecule has 0 aliphatic carbocycles. The maximum atomic E-state index is 13.1. The fourth-order valence-electron chi connectivity index (χ4n) is 1.36. The van der Waals surface area contributed by atoms with Crippen molar-refractivity contribution in [3.8, 4) is 0 Å². The van der Waals surface area contributed by atoms with Crippen molar-refractivity contribution in [3.63, 3.8) is 0 Å². The van der Waals surface area contributed by atoms with Crippen LogP contribution in [0, 0.1) is 5.41 Å². The molecule has 1 rings (SSSR count). The van der Waals surface area contributed by atoms with Crippen molar-refractivity contribution in [1.29, 1.82) is 0 Å². The van der Waals surface area contributed by atoms with Crippen LogP contribution >= 0.6 is 23.2 Å². The molecule has 1 aromatic heterocycles. The summed E-state index contributed by atoms with van der Waals surface area (Å²) in [5.74, 6) is 0. The van der Waals surface area contributed by atoms with Crippen LogP contribution in [0.3, 0.4) is 0 Å². The van der Waals surface area contributed by atoms with Crippen LogP contribution in [0.5, 0.6) is 0 Å². The number of rotatable bonds is 5. The van der Waals surface area contributed by atoms with E-state index in [2.05, 4.69) is 10.1 Å². The van der Waals surface area contributed by atoms with Gasteiger partial charge >= 0.3 is 0 Å². The highest BCUT2D eigenvalue weighted by Gasteiger charge is 2.47. The Hall–Kier alpha value is -0.650. The summed E-state index contributed by atoms with van der Waals surface area (Å²) < 4.78 is 14.4. The van der Waals surface area contributed by atoms with Crippen molar-refractivity contribution < 1.29 is 9.50 Å². The summed E-state index contributed by atoms with van der Waals surface area (Å²) in [7, 11) is 0. The topological polar surface area (TPSA) is 50.9 Å². The van der Waals surface area contributed by atoms with Gasteiger partial charge in [-0.2, -0.15) is 5.10 Å². The van der Waals surface area contributed by atoms with Crippen LogP contribution in [0.1, 0.15) is 13.8 Å². The fraction of sp³-hybridized carbons (Fsp3) is 0.600. The van der Waals surface area contributed by atoms with Gasteiger partial charge in [-0.3, -0.25) is 4.39 Å². The maximum absolute atomic E-state index is 13.1. The van der Waals surface area contributed by atoms with Gasteiger partial charge in [-0.15, -0.1) is 0 Å². The molecule has 0 fully saturated rings. The molecular weight excluding hydrogens is 268 g/mol. The average molecular weight is 282 g/mol. The van der Waals surface area contributed by atoms with Gasteiger partial charge in [-0.1, -0.05) is 37.0 Å². The SMILES string of the molecule is CC(C)(CF)C(O)(Cn1cncn1)C(Cl)=CCl. The molecule has 0 saturated heterocycles. The standard InChI is InChI=1S/C10H14Cl2FN3O/c1-9(2,4-13)10(17,8(12)3-11)5-16-7-14-6-15-16/h3,6-7,17H,4-5H2,1-2H3. The van der Waals surface area contributed by atoms with Gasteiger partial charge in [0.25, 0.3) is 0 Å². The molecule has 17 heavy (non-hydrogen) atoms. The molecule has 0 amide bonds. The van der Waals surface area contributed by atoms with Gasteiger partial charge in [0.2, 0.25) is 0 Å². The van der Waals surface area contributed by atoms with Gasteiger partial charge in [0.1, 0.15) is 18.3 Å². The molecule has 96 valence electrons. The van der Waals surface area contributed by atoms with Gasteiger partial charge in [-0.25, -0.2) is 9.67 Å². The third-order valence-corrected chi connectivity index (χ3v) is 3.55. The zero-order valence-electron chi connectivity index (χ0n) is 9.57. The van der Waals surface area contributed by atoms with E-state index in [0.717, 1.165) is 5.54 Å². The lowest BCUT2D eigenvalue weighted by Gasteiger charge is -2.40. The first-order valence-corrected chi connectivity index (χ1v) is 5.76. The van der Waals surface area contributed by atoms with Crippen molar-refractivity contribution in [2.45, 2.75) is 26.0 Å². The molecule has 0 saturated carbocycles. The summed E-state index contributed by atoms with van der Waals surface area (Å²) >= 11 is 11.4.